The summed E-state index contributed by atoms with van der Waals surface area (Å²) in [6.45, 7) is 2.99. The minimum Gasteiger partial charge on any atom is -0.305 e. The van der Waals surface area contributed by atoms with E-state index in [2.05, 4.69) is 20.2 Å². The zero-order valence-electron chi connectivity index (χ0n) is 14.1. The SMILES string of the molecule is Cc1ncc(CN(C)C)c([C@H]2CCCN2S(=O)(=O)c2cn[nH]c2)n1. The average molecular weight is 350 g/mol. The Morgan fingerprint density at radius 2 is 2.17 bits per heavy atom. The average Bonchev–Trinajstić information content (AvgIpc) is 3.20. The van der Waals surface area contributed by atoms with Gasteiger partial charge in [-0.15, -0.1) is 0 Å². The molecule has 0 radical (unpaired) electrons. The highest BCUT2D eigenvalue weighted by Crippen LogP contribution is 2.37. The van der Waals surface area contributed by atoms with Crippen molar-refractivity contribution in [3.8, 4) is 0 Å². The molecular formula is C15H22N6O2S. The molecule has 8 nitrogen and oxygen atoms in total. The van der Waals surface area contributed by atoms with Crippen LogP contribution in [0.25, 0.3) is 0 Å². The number of H-pyrrole nitrogens is 1. The normalized spacial score (nSPS) is 19.2. The molecule has 1 saturated heterocycles. The maximum atomic E-state index is 12.9. The van der Waals surface area contributed by atoms with Crippen molar-refractivity contribution >= 4 is 10.0 Å². The molecular weight excluding hydrogens is 328 g/mol. The van der Waals surface area contributed by atoms with Crippen LogP contribution in [0.4, 0.5) is 0 Å². The molecule has 3 heterocycles. The van der Waals surface area contributed by atoms with Crippen LogP contribution in [0.3, 0.4) is 0 Å². The number of hydrogen-bond acceptors (Lipinski definition) is 6. The van der Waals surface area contributed by atoms with Gasteiger partial charge in [-0.3, -0.25) is 5.10 Å². The molecule has 24 heavy (non-hydrogen) atoms. The molecule has 0 aromatic carbocycles. The minimum atomic E-state index is -3.59. The number of aromatic nitrogens is 4. The second-order valence-corrected chi connectivity index (χ2v) is 8.16. The van der Waals surface area contributed by atoms with Crippen LogP contribution >= 0.6 is 0 Å². The summed E-state index contributed by atoms with van der Waals surface area (Å²) in [5.41, 5.74) is 1.77. The van der Waals surface area contributed by atoms with Crippen LogP contribution in [-0.4, -0.2) is 58.4 Å². The molecule has 0 spiro atoms. The van der Waals surface area contributed by atoms with E-state index in [1.54, 1.807) is 10.5 Å². The third-order valence-corrected chi connectivity index (χ3v) is 5.98. The van der Waals surface area contributed by atoms with Crippen molar-refractivity contribution in [1.82, 2.24) is 29.4 Å². The first-order valence-corrected chi connectivity index (χ1v) is 9.31. The van der Waals surface area contributed by atoms with Crippen LogP contribution in [0.1, 0.15) is 36.0 Å². The van der Waals surface area contributed by atoms with E-state index in [9.17, 15) is 8.42 Å². The number of nitrogens with one attached hydrogen (secondary N) is 1. The van der Waals surface area contributed by atoms with E-state index in [4.69, 9.17) is 0 Å². The van der Waals surface area contributed by atoms with Crippen molar-refractivity contribution in [3.63, 3.8) is 0 Å². The monoisotopic (exact) mass is 350 g/mol. The van der Waals surface area contributed by atoms with Crippen molar-refractivity contribution < 1.29 is 8.42 Å². The van der Waals surface area contributed by atoms with Crippen molar-refractivity contribution in [1.29, 1.82) is 0 Å². The van der Waals surface area contributed by atoms with E-state index in [1.165, 1.54) is 12.4 Å². The van der Waals surface area contributed by atoms with Gasteiger partial charge in [0.15, 0.2) is 0 Å². The van der Waals surface area contributed by atoms with Crippen molar-refractivity contribution in [2.75, 3.05) is 20.6 Å². The van der Waals surface area contributed by atoms with E-state index in [0.717, 1.165) is 24.1 Å². The van der Waals surface area contributed by atoms with Gasteiger partial charge in [-0.2, -0.15) is 9.40 Å². The first kappa shape index (κ1) is 17.0. The fourth-order valence-electron chi connectivity index (χ4n) is 3.08. The van der Waals surface area contributed by atoms with Crippen LogP contribution in [0, 0.1) is 6.92 Å². The summed E-state index contributed by atoms with van der Waals surface area (Å²) in [6, 6.07) is -0.262. The summed E-state index contributed by atoms with van der Waals surface area (Å²) in [5, 5.41) is 6.34. The molecule has 1 N–H and O–H groups in total. The number of aromatic amines is 1. The lowest BCUT2D eigenvalue weighted by atomic mass is 10.1. The summed E-state index contributed by atoms with van der Waals surface area (Å²) in [5.74, 6) is 0.653. The Hall–Kier alpha value is -1.84. The highest BCUT2D eigenvalue weighted by Gasteiger charge is 2.38. The Bertz CT molecular complexity index is 803. The van der Waals surface area contributed by atoms with Gasteiger partial charge in [0.2, 0.25) is 10.0 Å². The van der Waals surface area contributed by atoms with Crippen LogP contribution in [0.15, 0.2) is 23.5 Å². The van der Waals surface area contributed by atoms with Crippen LogP contribution < -0.4 is 0 Å². The summed E-state index contributed by atoms with van der Waals surface area (Å²) in [7, 11) is 0.356. The Labute approximate surface area is 142 Å². The third kappa shape index (κ3) is 3.19. The maximum absolute atomic E-state index is 12.9. The fourth-order valence-corrected chi connectivity index (χ4v) is 4.65. The molecule has 9 heteroatoms. The Morgan fingerprint density at radius 1 is 1.38 bits per heavy atom. The second-order valence-electron chi connectivity index (χ2n) is 6.27. The van der Waals surface area contributed by atoms with Gasteiger partial charge in [0, 0.05) is 31.0 Å². The van der Waals surface area contributed by atoms with Crippen molar-refractivity contribution in [2.24, 2.45) is 0 Å². The predicted molar refractivity (Wildman–Crippen MR) is 88.6 cm³/mol. The fraction of sp³-hybridized carbons (Fsp3) is 0.533. The smallest absolute Gasteiger partial charge is 0.246 e. The number of aryl methyl sites for hydroxylation is 1. The second kappa shape index (κ2) is 6.58. The topological polar surface area (TPSA) is 95.1 Å². The molecule has 1 aliphatic rings. The molecule has 0 unspecified atom stereocenters. The van der Waals surface area contributed by atoms with Gasteiger partial charge in [-0.05, 0) is 33.9 Å². The molecule has 130 valence electrons. The molecule has 0 bridgehead atoms. The molecule has 2 aromatic rings. The van der Waals surface area contributed by atoms with Gasteiger partial charge in [-0.1, -0.05) is 0 Å². The molecule has 0 aliphatic carbocycles. The van der Waals surface area contributed by atoms with E-state index in [0.29, 0.717) is 18.9 Å². The molecule has 0 amide bonds. The third-order valence-electron chi connectivity index (χ3n) is 4.10. The molecule has 1 atom stereocenters. The zero-order chi connectivity index (χ0) is 17.3. The molecule has 1 aliphatic heterocycles. The van der Waals surface area contributed by atoms with Crippen LogP contribution in [0.5, 0.6) is 0 Å². The van der Waals surface area contributed by atoms with E-state index < -0.39 is 10.0 Å². The lowest BCUT2D eigenvalue weighted by molar-refractivity contribution is 0.369. The number of hydrogen-bond donors (Lipinski definition) is 1. The highest BCUT2D eigenvalue weighted by molar-refractivity contribution is 7.89. The van der Waals surface area contributed by atoms with Crippen molar-refractivity contribution in [2.45, 2.75) is 37.2 Å². The van der Waals surface area contributed by atoms with Crippen molar-refractivity contribution in [3.05, 3.63) is 35.7 Å². The first-order chi connectivity index (χ1) is 11.4. The van der Waals surface area contributed by atoms with Gasteiger partial charge in [-0.25, -0.2) is 18.4 Å². The number of sulfonamides is 1. The minimum absolute atomic E-state index is 0.189. The Balaban J connectivity index is 2.01. The summed E-state index contributed by atoms with van der Waals surface area (Å²) in [4.78, 5) is 11.1. The van der Waals surface area contributed by atoms with E-state index >= 15 is 0 Å². The highest BCUT2D eigenvalue weighted by atomic mass is 32.2. The maximum Gasteiger partial charge on any atom is 0.246 e. The van der Waals surface area contributed by atoms with Gasteiger partial charge in [0.1, 0.15) is 10.7 Å². The lowest BCUT2D eigenvalue weighted by Crippen LogP contribution is -2.32. The molecule has 0 saturated carbocycles. The largest absolute Gasteiger partial charge is 0.305 e. The van der Waals surface area contributed by atoms with Gasteiger partial charge in [0.25, 0.3) is 0 Å². The summed E-state index contributed by atoms with van der Waals surface area (Å²) in [6.07, 6.45) is 6.13. The quantitative estimate of drug-likeness (QED) is 0.867. The molecule has 2 aromatic heterocycles. The number of nitrogens with zero attached hydrogens (tertiary/aromatic N) is 5. The lowest BCUT2D eigenvalue weighted by Gasteiger charge is -2.25. The van der Waals surface area contributed by atoms with Gasteiger partial charge < -0.3 is 4.90 Å². The summed E-state index contributed by atoms with van der Waals surface area (Å²) < 4.78 is 27.4. The van der Waals surface area contributed by atoms with Gasteiger partial charge in [0.05, 0.1) is 17.9 Å². The Kier molecular flexibility index (Phi) is 4.66. The number of rotatable bonds is 5. The summed E-state index contributed by atoms with van der Waals surface area (Å²) >= 11 is 0. The standard InChI is InChI=1S/C15H22N6O2S/c1-11-16-7-12(10-20(2)3)15(19-11)14-5-4-6-21(14)24(22,23)13-8-17-18-9-13/h7-9,14H,4-6,10H2,1-3H3,(H,17,18)/t14-/m1/s1. The van der Waals surface area contributed by atoms with E-state index in [-0.39, 0.29) is 10.9 Å². The molecule has 3 rings (SSSR count). The van der Waals surface area contributed by atoms with Crippen LogP contribution in [0.2, 0.25) is 0 Å². The van der Waals surface area contributed by atoms with Gasteiger partial charge >= 0.3 is 0 Å². The van der Waals surface area contributed by atoms with E-state index in [1.807, 2.05) is 25.9 Å². The Morgan fingerprint density at radius 3 is 2.83 bits per heavy atom. The first-order valence-electron chi connectivity index (χ1n) is 7.87. The molecule has 1 fully saturated rings. The predicted octanol–water partition coefficient (Wildman–Crippen LogP) is 1.10. The zero-order valence-corrected chi connectivity index (χ0v) is 14.9. The van der Waals surface area contributed by atoms with Crippen LogP contribution in [-0.2, 0) is 16.6 Å².